The van der Waals surface area contributed by atoms with Crippen LogP contribution in [0.4, 0.5) is 21.0 Å². The number of fused-ring (bicyclic) bond motifs is 2. The molecule has 4 aromatic carbocycles. The first-order chi connectivity index (χ1) is 48.1. The monoisotopic (exact) mass is 1400 g/mol. The Labute approximate surface area is 596 Å². The van der Waals surface area contributed by atoms with Crippen LogP contribution in [0, 0.1) is 29.6 Å². The van der Waals surface area contributed by atoms with E-state index in [9.17, 15) is 47.9 Å². The van der Waals surface area contributed by atoms with Crippen molar-refractivity contribution in [1.29, 1.82) is 0 Å². The molecule has 0 unspecified atom stereocenters. The van der Waals surface area contributed by atoms with E-state index in [0.29, 0.717) is 49.3 Å². The summed E-state index contributed by atoms with van der Waals surface area (Å²) in [5.74, 6) is -5.39. The number of primary amides is 1. The number of carbonyl (C=O) groups is 10. The Morgan fingerprint density at radius 3 is 1.92 bits per heavy atom. The van der Waals surface area contributed by atoms with Crippen LogP contribution in [0.15, 0.2) is 103 Å². The van der Waals surface area contributed by atoms with Crippen LogP contribution in [-0.4, -0.2) is 170 Å². The van der Waals surface area contributed by atoms with Gasteiger partial charge in [0.1, 0.15) is 30.8 Å². The molecule has 0 saturated carbocycles. The largest absolute Gasteiger partial charge is 0.445 e. The fraction of sp³-hybridized carbons (Fsp3) is 0.532. The van der Waals surface area contributed by atoms with Crippen molar-refractivity contribution >= 4 is 82.9 Å². The number of ether oxygens (including phenoxy) is 3. The number of nitrogens with zero attached hydrogens (tertiary/aromatic N) is 4. The zero-order valence-corrected chi connectivity index (χ0v) is 61.4. The number of likely N-dealkylation sites (tertiary alicyclic amines) is 1. The van der Waals surface area contributed by atoms with E-state index in [2.05, 4.69) is 31.9 Å². The molecular weight excluding hydrogens is 1290 g/mol. The number of benzene rings is 4. The van der Waals surface area contributed by atoms with Gasteiger partial charge in [0.2, 0.25) is 47.3 Å². The lowest BCUT2D eigenvalue weighted by molar-refractivity contribution is -0.148. The molecule has 11 amide bonds. The molecule has 2 aliphatic rings. The average Bonchev–Trinajstić information content (AvgIpc) is 1.73. The van der Waals surface area contributed by atoms with E-state index in [0.717, 1.165) is 28.7 Å². The molecule has 1 saturated heterocycles. The fourth-order valence-electron chi connectivity index (χ4n) is 13.4. The summed E-state index contributed by atoms with van der Waals surface area (Å²) in [7, 11) is 6.18. The molecule has 0 aliphatic carbocycles. The molecule has 2 heterocycles. The molecule has 1 fully saturated rings. The molecule has 0 spiro atoms. The van der Waals surface area contributed by atoms with Gasteiger partial charge in [0.15, 0.2) is 0 Å². The normalized spacial score (nSPS) is 16.7. The number of anilines is 2. The standard InChI is InChI=1S/C77H109N11O13/c1-15-50(8)69(62(99-13)44-65(91)87-42-24-32-61(87)70(100-14)52(10)71(92)80-51(9)43-53-25-17-16-18-26-53)85(11)75(96)67(48(4)5)84-74(95)68(49(6)7)86(12)77(98)101-46-54-33-37-58(38-34-54)81-72(93)59(30-23-41-79-76(78)97)82-73(94)66(47(2)3)83-63(89)39-40-64(90)88-45-57-29-20-19-27-55(57)35-36-56-28-21-22-31-60(56)88/h16-22,25-29,31,33-38,47-52,59,61-62,66-70H,15,23-24,30,32,39-46H2,1-14H3,(H,80,92)(H,81,93)(H,82,94)(H,83,89)(H,84,95)(H3,78,79,97)/b36-35-/t50-,51+,52+,59-,61-,62+,66-,67-,68-,69-,70+/m0/s1. The van der Waals surface area contributed by atoms with E-state index in [4.69, 9.17) is 19.9 Å². The molecule has 24 heteroatoms. The number of hydrogen-bond donors (Lipinski definition) is 7. The fourth-order valence-corrected chi connectivity index (χ4v) is 13.4. The van der Waals surface area contributed by atoms with Gasteiger partial charge in [0, 0.05) is 66.0 Å². The maximum absolute atomic E-state index is 14.9. The van der Waals surface area contributed by atoms with Crippen LogP contribution in [0.5, 0.6) is 0 Å². The number of nitrogens with one attached hydrogen (secondary N) is 6. The van der Waals surface area contributed by atoms with Gasteiger partial charge < -0.3 is 66.5 Å². The maximum atomic E-state index is 14.9. The number of rotatable bonds is 35. The van der Waals surface area contributed by atoms with Crippen LogP contribution in [-0.2, 0) is 72.1 Å². The third kappa shape index (κ3) is 22.9. The Hall–Kier alpha value is -9.16. The number of nitrogens with two attached hydrogens (primary N) is 1. The van der Waals surface area contributed by atoms with E-state index in [1.165, 1.54) is 19.1 Å². The lowest BCUT2D eigenvalue weighted by atomic mass is 9.89. The van der Waals surface area contributed by atoms with Crippen molar-refractivity contribution in [3.8, 4) is 0 Å². The van der Waals surface area contributed by atoms with E-state index < -0.39 is 108 Å². The molecule has 2 aliphatic heterocycles. The highest BCUT2D eigenvalue weighted by molar-refractivity contribution is 6.00. The predicted molar refractivity (Wildman–Crippen MR) is 390 cm³/mol. The first-order valence-electron chi connectivity index (χ1n) is 35.4. The summed E-state index contributed by atoms with van der Waals surface area (Å²) in [5.41, 5.74) is 10.7. The Kier molecular flexibility index (Phi) is 31.3. The topological polar surface area (TPSA) is 310 Å². The van der Waals surface area contributed by atoms with Crippen LogP contribution in [0.25, 0.3) is 12.2 Å². The number of hydrogen-bond acceptors (Lipinski definition) is 13. The summed E-state index contributed by atoms with van der Waals surface area (Å²) < 4.78 is 17.9. The van der Waals surface area contributed by atoms with Crippen molar-refractivity contribution in [2.24, 2.45) is 35.3 Å². The van der Waals surface area contributed by atoms with Crippen molar-refractivity contribution in [2.75, 3.05) is 51.6 Å². The number of urea groups is 1. The second-order valence-corrected chi connectivity index (χ2v) is 27.8. The molecule has 0 radical (unpaired) electrons. The Balaban J connectivity index is 1.04. The zero-order valence-electron chi connectivity index (χ0n) is 61.4. The summed E-state index contributed by atoms with van der Waals surface area (Å²) in [6.45, 7) is 19.1. The highest BCUT2D eigenvalue weighted by Crippen LogP contribution is 2.32. The van der Waals surface area contributed by atoms with E-state index in [1.54, 1.807) is 80.8 Å². The Morgan fingerprint density at radius 1 is 0.644 bits per heavy atom. The minimum atomic E-state index is -1.15. The lowest BCUT2D eigenvalue weighted by Crippen LogP contribution is -2.60. The van der Waals surface area contributed by atoms with Gasteiger partial charge >= 0.3 is 12.1 Å². The smallest absolute Gasteiger partial charge is 0.410 e. The minimum Gasteiger partial charge on any atom is -0.445 e. The molecule has 101 heavy (non-hydrogen) atoms. The Morgan fingerprint density at radius 2 is 1.29 bits per heavy atom. The second kappa shape index (κ2) is 39.2. The number of amides is 11. The van der Waals surface area contributed by atoms with Crippen molar-refractivity contribution in [1.82, 2.24) is 41.3 Å². The van der Waals surface area contributed by atoms with Crippen molar-refractivity contribution in [2.45, 2.75) is 195 Å². The minimum absolute atomic E-state index is 0.0578. The van der Waals surface area contributed by atoms with Crippen LogP contribution in [0.1, 0.15) is 148 Å². The molecule has 4 aromatic rings. The second-order valence-electron chi connectivity index (χ2n) is 27.8. The van der Waals surface area contributed by atoms with Gasteiger partial charge in [0.05, 0.1) is 48.9 Å². The van der Waals surface area contributed by atoms with Gasteiger partial charge in [-0.25, -0.2) is 9.59 Å². The molecule has 0 aromatic heterocycles. The summed E-state index contributed by atoms with van der Waals surface area (Å²) in [4.78, 5) is 145. The number of carbonyl (C=O) groups excluding carboxylic acids is 10. The highest BCUT2D eigenvalue weighted by atomic mass is 16.6. The predicted octanol–water partition coefficient (Wildman–Crippen LogP) is 8.60. The van der Waals surface area contributed by atoms with E-state index in [1.807, 2.05) is 133 Å². The Bertz CT molecular complexity index is 3480. The molecular formula is C77H109N11O13. The lowest BCUT2D eigenvalue weighted by Gasteiger charge is -2.41. The molecule has 24 nitrogen and oxygen atoms in total. The van der Waals surface area contributed by atoms with Gasteiger partial charge in [-0.3, -0.25) is 43.3 Å². The molecule has 8 N–H and O–H groups in total. The molecule has 550 valence electrons. The third-order valence-electron chi connectivity index (χ3n) is 19.2. The first kappa shape index (κ1) is 80.8. The van der Waals surface area contributed by atoms with Crippen LogP contribution in [0.3, 0.4) is 0 Å². The van der Waals surface area contributed by atoms with Gasteiger partial charge in [0.25, 0.3) is 0 Å². The molecule has 11 atom stereocenters. The van der Waals surface area contributed by atoms with E-state index >= 15 is 0 Å². The number of methoxy groups -OCH3 is 2. The number of likely N-dealkylation sites (N-methyl/N-ethyl adjacent to an activating group) is 2. The van der Waals surface area contributed by atoms with Gasteiger partial charge in [-0.2, -0.15) is 0 Å². The van der Waals surface area contributed by atoms with Gasteiger partial charge in [-0.15, -0.1) is 0 Å². The van der Waals surface area contributed by atoms with Crippen LogP contribution >= 0.6 is 0 Å². The SMILES string of the molecule is CC[C@H](C)[C@@H]([C@@H](CC(=O)N1CCC[C@H]1[C@H](OC)[C@@H](C)C(=O)N[C@H](C)Cc1ccccc1)OC)N(C)C(=O)[C@@H](NC(=O)[C@H](C(C)C)N(C)C(=O)OCc1ccc(NC(=O)[C@H](CCCNC(N)=O)NC(=O)[C@@H](NC(=O)CCC(=O)N2Cc3ccccc3/C=C\c3ccccc32)C(C)C)cc1)C(C)C. The van der Waals surface area contributed by atoms with E-state index in [-0.39, 0.29) is 81.0 Å². The third-order valence-corrected chi connectivity index (χ3v) is 19.2. The van der Waals surface area contributed by atoms with Gasteiger partial charge in [-0.05, 0) is 109 Å². The number of para-hydroxylation sites is 1. The maximum Gasteiger partial charge on any atom is 0.410 e. The average molecular weight is 1400 g/mol. The summed E-state index contributed by atoms with van der Waals surface area (Å²) in [6, 6.07) is 25.4. The van der Waals surface area contributed by atoms with Crippen LogP contribution < -0.4 is 42.5 Å². The van der Waals surface area contributed by atoms with Gasteiger partial charge in [-0.1, -0.05) is 166 Å². The summed E-state index contributed by atoms with van der Waals surface area (Å²) >= 11 is 0. The quantitative estimate of drug-likeness (QED) is 0.0213. The molecule has 0 bridgehead atoms. The molecule has 6 rings (SSSR count). The van der Waals surface area contributed by atoms with Crippen molar-refractivity contribution in [3.05, 3.63) is 131 Å². The van der Waals surface area contributed by atoms with Crippen LogP contribution in [0.2, 0.25) is 0 Å². The summed E-state index contributed by atoms with van der Waals surface area (Å²) in [6.07, 6.45) is 4.39. The van der Waals surface area contributed by atoms with Crippen molar-refractivity contribution < 1.29 is 62.2 Å². The highest BCUT2D eigenvalue weighted by Gasteiger charge is 2.44. The zero-order chi connectivity index (χ0) is 74.2. The first-order valence-corrected chi connectivity index (χ1v) is 35.4. The van der Waals surface area contributed by atoms with Crippen molar-refractivity contribution in [3.63, 3.8) is 0 Å². The summed E-state index contributed by atoms with van der Waals surface area (Å²) in [5, 5.41) is 17.0.